The molecule has 90 valence electrons. The fraction of sp³-hybridized carbons (Fsp3) is 0.500. The number of benzene rings is 1. The molecule has 2 rings (SSSR count). The van der Waals surface area contributed by atoms with Gasteiger partial charge in [-0.25, -0.2) is 0 Å². The van der Waals surface area contributed by atoms with Crippen LogP contribution in [0.1, 0.15) is 36.9 Å². The zero-order valence-electron chi connectivity index (χ0n) is 10.1. The number of nitriles is 1. The first-order valence-corrected chi connectivity index (χ1v) is 6.18. The highest BCUT2D eigenvalue weighted by atomic mass is 16.5. The predicted molar refractivity (Wildman–Crippen MR) is 66.5 cm³/mol. The Morgan fingerprint density at radius 1 is 1.41 bits per heavy atom. The van der Waals surface area contributed by atoms with Gasteiger partial charge in [0.05, 0.1) is 17.7 Å². The Morgan fingerprint density at radius 3 is 2.82 bits per heavy atom. The fourth-order valence-corrected chi connectivity index (χ4v) is 2.31. The topological polar surface area (TPSA) is 45.0 Å². The Balaban J connectivity index is 2.03. The number of hydrogen-bond donors (Lipinski definition) is 1. The largest absolute Gasteiger partial charge is 0.378 e. The number of rotatable bonds is 3. The van der Waals surface area contributed by atoms with Gasteiger partial charge in [0, 0.05) is 12.6 Å². The highest BCUT2D eigenvalue weighted by Crippen LogP contribution is 2.25. The summed E-state index contributed by atoms with van der Waals surface area (Å²) < 4.78 is 5.69. The molecule has 0 unspecified atom stereocenters. The van der Waals surface area contributed by atoms with Crippen molar-refractivity contribution in [2.75, 3.05) is 13.2 Å². The van der Waals surface area contributed by atoms with Crippen molar-refractivity contribution in [2.45, 2.75) is 31.9 Å². The molecule has 0 saturated carbocycles. The number of hydrogen-bond acceptors (Lipinski definition) is 3. The fourth-order valence-electron chi connectivity index (χ4n) is 2.31. The van der Waals surface area contributed by atoms with Crippen LogP contribution in [0.2, 0.25) is 0 Å². The van der Waals surface area contributed by atoms with Crippen LogP contribution in [0, 0.1) is 11.3 Å². The standard InChI is InChI=1S/C14H18N2O/c1-2-17-13-7-8-16-14(9-13)12-5-3-11(10-15)4-6-12/h3-6,13-14,16H,2,7-9H2,1H3/t13-,14-/m0/s1. The van der Waals surface area contributed by atoms with E-state index in [9.17, 15) is 0 Å². The molecule has 1 aliphatic heterocycles. The van der Waals surface area contributed by atoms with Gasteiger partial charge in [-0.15, -0.1) is 0 Å². The van der Waals surface area contributed by atoms with Crippen molar-refractivity contribution < 1.29 is 4.74 Å². The van der Waals surface area contributed by atoms with Gasteiger partial charge in [-0.05, 0) is 44.0 Å². The highest BCUT2D eigenvalue weighted by Gasteiger charge is 2.22. The molecule has 2 atom stereocenters. The van der Waals surface area contributed by atoms with Crippen molar-refractivity contribution in [3.05, 3.63) is 35.4 Å². The molecule has 1 saturated heterocycles. The number of nitrogens with one attached hydrogen (secondary N) is 1. The van der Waals surface area contributed by atoms with E-state index in [1.54, 1.807) is 0 Å². The lowest BCUT2D eigenvalue weighted by Crippen LogP contribution is -2.35. The van der Waals surface area contributed by atoms with Crippen LogP contribution < -0.4 is 5.32 Å². The molecule has 3 nitrogen and oxygen atoms in total. The van der Waals surface area contributed by atoms with E-state index < -0.39 is 0 Å². The van der Waals surface area contributed by atoms with Gasteiger partial charge in [-0.2, -0.15) is 5.26 Å². The molecule has 0 amide bonds. The van der Waals surface area contributed by atoms with Gasteiger partial charge in [-0.1, -0.05) is 12.1 Å². The van der Waals surface area contributed by atoms with Crippen LogP contribution in [0.25, 0.3) is 0 Å². The Kier molecular flexibility index (Phi) is 4.13. The summed E-state index contributed by atoms with van der Waals surface area (Å²) in [5.41, 5.74) is 1.96. The van der Waals surface area contributed by atoms with Crippen molar-refractivity contribution in [2.24, 2.45) is 0 Å². The minimum Gasteiger partial charge on any atom is -0.378 e. The molecule has 1 aliphatic rings. The number of ether oxygens (including phenoxy) is 1. The van der Waals surface area contributed by atoms with Gasteiger partial charge in [0.15, 0.2) is 0 Å². The molecule has 3 heteroatoms. The maximum atomic E-state index is 8.77. The van der Waals surface area contributed by atoms with E-state index in [-0.39, 0.29) is 0 Å². The number of nitrogens with zero attached hydrogens (tertiary/aromatic N) is 1. The Hall–Kier alpha value is -1.37. The van der Waals surface area contributed by atoms with E-state index in [2.05, 4.69) is 11.4 Å². The Morgan fingerprint density at radius 2 is 2.18 bits per heavy atom. The third kappa shape index (κ3) is 3.06. The van der Waals surface area contributed by atoms with Gasteiger partial charge in [0.25, 0.3) is 0 Å². The molecule has 1 N–H and O–H groups in total. The smallest absolute Gasteiger partial charge is 0.0991 e. The summed E-state index contributed by atoms with van der Waals surface area (Å²) in [6.45, 7) is 3.82. The molecule has 0 aromatic heterocycles. The van der Waals surface area contributed by atoms with Gasteiger partial charge in [-0.3, -0.25) is 0 Å². The summed E-state index contributed by atoms with van der Waals surface area (Å²) >= 11 is 0. The molecule has 0 aliphatic carbocycles. The van der Waals surface area contributed by atoms with Crippen LogP contribution in [0.5, 0.6) is 0 Å². The summed E-state index contributed by atoms with van der Waals surface area (Å²) in [4.78, 5) is 0. The molecule has 1 aromatic carbocycles. The van der Waals surface area contributed by atoms with Crippen LogP contribution in [-0.2, 0) is 4.74 Å². The van der Waals surface area contributed by atoms with Gasteiger partial charge < -0.3 is 10.1 Å². The molecule has 0 spiro atoms. The van der Waals surface area contributed by atoms with Crippen molar-refractivity contribution in [1.29, 1.82) is 5.26 Å². The second-order valence-electron chi connectivity index (χ2n) is 4.34. The second-order valence-corrected chi connectivity index (χ2v) is 4.34. The normalized spacial score (nSPS) is 24.2. The maximum Gasteiger partial charge on any atom is 0.0991 e. The molecule has 0 radical (unpaired) electrons. The molecule has 1 heterocycles. The average molecular weight is 230 g/mol. The summed E-state index contributed by atoms with van der Waals surface area (Å²) in [5, 5.41) is 12.3. The molecular weight excluding hydrogens is 212 g/mol. The average Bonchev–Trinajstić information content (AvgIpc) is 2.40. The second kappa shape index (κ2) is 5.81. The van der Waals surface area contributed by atoms with Crippen LogP contribution in [-0.4, -0.2) is 19.3 Å². The lowest BCUT2D eigenvalue weighted by Gasteiger charge is -2.30. The first-order valence-electron chi connectivity index (χ1n) is 6.18. The highest BCUT2D eigenvalue weighted by molar-refractivity contribution is 5.33. The quantitative estimate of drug-likeness (QED) is 0.867. The Bertz CT molecular complexity index is 392. The zero-order valence-corrected chi connectivity index (χ0v) is 10.1. The van der Waals surface area contributed by atoms with Gasteiger partial charge in [0.1, 0.15) is 0 Å². The lowest BCUT2D eigenvalue weighted by molar-refractivity contribution is 0.0297. The van der Waals surface area contributed by atoms with Gasteiger partial charge >= 0.3 is 0 Å². The van der Waals surface area contributed by atoms with E-state index in [0.717, 1.165) is 26.0 Å². The third-order valence-corrected chi connectivity index (χ3v) is 3.20. The first-order chi connectivity index (χ1) is 8.33. The summed E-state index contributed by atoms with van der Waals surface area (Å²) in [6, 6.07) is 10.3. The van der Waals surface area contributed by atoms with Crippen LogP contribution in [0.4, 0.5) is 0 Å². The molecule has 1 aromatic rings. The zero-order chi connectivity index (χ0) is 12.1. The summed E-state index contributed by atoms with van der Waals surface area (Å²) in [7, 11) is 0. The number of piperidine rings is 1. The maximum absolute atomic E-state index is 8.77. The van der Waals surface area contributed by atoms with E-state index in [4.69, 9.17) is 10.00 Å². The monoisotopic (exact) mass is 230 g/mol. The summed E-state index contributed by atoms with van der Waals surface area (Å²) in [5.74, 6) is 0. The van der Waals surface area contributed by atoms with Crippen LogP contribution in [0.15, 0.2) is 24.3 Å². The predicted octanol–water partition coefficient (Wildman–Crippen LogP) is 2.39. The van der Waals surface area contributed by atoms with Crippen molar-refractivity contribution in [1.82, 2.24) is 5.32 Å². The van der Waals surface area contributed by atoms with E-state index in [0.29, 0.717) is 17.7 Å². The van der Waals surface area contributed by atoms with E-state index in [1.165, 1.54) is 5.56 Å². The molecule has 17 heavy (non-hydrogen) atoms. The van der Waals surface area contributed by atoms with Crippen molar-refractivity contribution in [3.8, 4) is 6.07 Å². The molecule has 1 fully saturated rings. The van der Waals surface area contributed by atoms with Crippen molar-refractivity contribution in [3.63, 3.8) is 0 Å². The Labute approximate surface area is 102 Å². The lowest BCUT2D eigenvalue weighted by atomic mass is 9.95. The van der Waals surface area contributed by atoms with E-state index in [1.807, 2.05) is 31.2 Å². The van der Waals surface area contributed by atoms with Crippen molar-refractivity contribution >= 4 is 0 Å². The molecule has 0 bridgehead atoms. The first kappa shape index (κ1) is 12.1. The van der Waals surface area contributed by atoms with Crippen LogP contribution in [0.3, 0.4) is 0 Å². The van der Waals surface area contributed by atoms with Gasteiger partial charge in [0.2, 0.25) is 0 Å². The summed E-state index contributed by atoms with van der Waals surface area (Å²) in [6.07, 6.45) is 2.46. The van der Waals surface area contributed by atoms with E-state index >= 15 is 0 Å². The minimum absolute atomic E-state index is 0.355. The SMILES string of the molecule is CCO[C@H]1CCN[C@H](c2ccc(C#N)cc2)C1. The third-order valence-electron chi connectivity index (χ3n) is 3.20. The minimum atomic E-state index is 0.355. The molecular formula is C14H18N2O. The van der Waals surface area contributed by atoms with Crippen LogP contribution >= 0.6 is 0 Å².